The largest absolute Gasteiger partial charge is 0.0597 e. The molecule has 0 aromatic heterocycles. The molecule has 4 rings (SSSR count). The van der Waals surface area contributed by atoms with Gasteiger partial charge in [-0.1, -0.05) is 79.7 Å². The fourth-order valence-electron chi connectivity index (χ4n) is 4.60. The zero-order chi connectivity index (χ0) is 19.8. The molecule has 1 aliphatic heterocycles. The molecule has 0 nitrogen and oxygen atoms in total. The number of hydrogen-bond donors (Lipinski definition) is 0. The highest BCUT2D eigenvalue weighted by atomic mass is 31.1. The van der Waals surface area contributed by atoms with E-state index in [2.05, 4.69) is 95.3 Å². The predicted octanol–water partition coefficient (Wildman–Crippen LogP) is 7.61. The summed E-state index contributed by atoms with van der Waals surface area (Å²) in [5.74, 6) is 0. The van der Waals surface area contributed by atoms with E-state index in [1.54, 1.807) is 5.30 Å². The third kappa shape index (κ3) is 3.56. The van der Waals surface area contributed by atoms with Crippen molar-refractivity contribution in [1.29, 1.82) is 0 Å². The normalized spacial score (nSPS) is 21.8. The van der Waals surface area contributed by atoms with Gasteiger partial charge < -0.3 is 0 Å². The first-order valence-electron chi connectivity index (χ1n) is 10.4. The number of aryl methyl sites for hydroxylation is 3. The zero-order valence-electron chi connectivity index (χ0n) is 17.8. The molecule has 28 heavy (non-hydrogen) atoms. The van der Waals surface area contributed by atoms with E-state index >= 15 is 0 Å². The van der Waals surface area contributed by atoms with E-state index in [4.69, 9.17) is 0 Å². The average molecular weight is 387 g/mol. The molecule has 1 heteroatoms. The van der Waals surface area contributed by atoms with Crippen LogP contribution in [0.15, 0.2) is 60.7 Å². The monoisotopic (exact) mass is 386 g/mol. The maximum atomic E-state index is 2.44. The Labute approximate surface area is 171 Å². The van der Waals surface area contributed by atoms with Crippen LogP contribution >= 0.6 is 7.92 Å². The van der Waals surface area contributed by atoms with Gasteiger partial charge in [0.05, 0.1) is 0 Å². The van der Waals surface area contributed by atoms with E-state index in [-0.39, 0.29) is 7.92 Å². The van der Waals surface area contributed by atoms with Crippen LogP contribution < -0.4 is 5.30 Å². The SMILES string of the molecule is Cc1ccc(C2CCC(c3ccc(C)cc3)P2c2ccc(C)c(C)c2C)cc1. The van der Waals surface area contributed by atoms with Gasteiger partial charge in [0, 0.05) is 11.3 Å². The van der Waals surface area contributed by atoms with Crippen molar-refractivity contribution < 1.29 is 0 Å². The van der Waals surface area contributed by atoms with Gasteiger partial charge in [-0.15, -0.1) is 0 Å². The number of rotatable bonds is 3. The summed E-state index contributed by atoms with van der Waals surface area (Å²) in [6.45, 7) is 11.2. The van der Waals surface area contributed by atoms with Gasteiger partial charge >= 0.3 is 0 Å². The van der Waals surface area contributed by atoms with E-state index in [9.17, 15) is 0 Å². The molecule has 3 aromatic rings. The lowest BCUT2D eigenvalue weighted by Crippen LogP contribution is -2.13. The van der Waals surface area contributed by atoms with Gasteiger partial charge in [-0.05, 0) is 80.6 Å². The molecule has 0 saturated carbocycles. The van der Waals surface area contributed by atoms with Gasteiger partial charge in [0.15, 0.2) is 0 Å². The smallest absolute Gasteiger partial charge is 0.00878 e. The molecular weight excluding hydrogens is 355 g/mol. The van der Waals surface area contributed by atoms with Crippen LogP contribution in [0.25, 0.3) is 0 Å². The summed E-state index contributed by atoms with van der Waals surface area (Å²) in [6, 6.07) is 23.4. The van der Waals surface area contributed by atoms with E-state index in [1.165, 1.54) is 51.8 Å². The standard InChI is InChI=1S/C27H31P/c1-18-6-11-23(12-7-18)26-16-17-27(24-13-8-19(2)9-14-24)28(26)25-15-10-20(3)21(4)22(25)5/h6-15,26-27H,16-17H2,1-5H3. The van der Waals surface area contributed by atoms with Crippen LogP contribution in [0.2, 0.25) is 0 Å². The van der Waals surface area contributed by atoms with Crippen molar-refractivity contribution in [2.75, 3.05) is 0 Å². The van der Waals surface area contributed by atoms with Crippen LogP contribution in [0.3, 0.4) is 0 Å². The van der Waals surface area contributed by atoms with Gasteiger partial charge in [0.1, 0.15) is 0 Å². The predicted molar refractivity (Wildman–Crippen MR) is 124 cm³/mol. The highest BCUT2D eigenvalue weighted by Gasteiger charge is 2.39. The van der Waals surface area contributed by atoms with E-state index < -0.39 is 0 Å². The second kappa shape index (κ2) is 7.84. The average Bonchev–Trinajstić information content (AvgIpc) is 3.12. The van der Waals surface area contributed by atoms with Crippen LogP contribution in [0.5, 0.6) is 0 Å². The van der Waals surface area contributed by atoms with Crippen molar-refractivity contribution in [2.24, 2.45) is 0 Å². The number of hydrogen-bond acceptors (Lipinski definition) is 0. The Morgan fingerprint density at radius 1 is 0.571 bits per heavy atom. The Kier molecular flexibility index (Phi) is 5.44. The first-order chi connectivity index (χ1) is 13.5. The van der Waals surface area contributed by atoms with Crippen molar-refractivity contribution in [3.63, 3.8) is 0 Å². The summed E-state index contributed by atoms with van der Waals surface area (Å²) >= 11 is 0. The minimum absolute atomic E-state index is 0.288. The lowest BCUT2D eigenvalue weighted by atomic mass is 10.0. The van der Waals surface area contributed by atoms with Crippen LogP contribution in [0.1, 0.15) is 63.1 Å². The Morgan fingerprint density at radius 2 is 1.04 bits per heavy atom. The first kappa shape index (κ1) is 19.4. The van der Waals surface area contributed by atoms with E-state index in [1.807, 2.05) is 0 Å². The Hall–Kier alpha value is -1.91. The molecule has 0 aliphatic carbocycles. The van der Waals surface area contributed by atoms with Gasteiger partial charge in [-0.3, -0.25) is 0 Å². The maximum absolute atomic E-state index is 2.44. The topological polar surface area (TPSA) is 0 Å². The molecule has 1 heterocycles. The lowest BCUT2D eigenvalue weighted by Gasteiger charge is -2.29. The molecule has 1 saturated heterocycles. The summed E-state index contributed by atoms with van der Waals surface area (Å²) in [5.41, 5.74) is 11.5. The van der Waals surface area contributed by atoms with Gasteiger partial charge in [0.2, 0.25) is 0 Å². The summed E-state index contributed by atoms with van der Waals surface area (Å²) in [7, 11) is -0.288. The molecule has 2 unspecified atom stereocenters. The Bertz CT molecular complexity index is 913. The highest BCUT2D eigenvalue weighted by molar-refractivity contribution is 7.66. The fraction of sp³-hybridized carbons (Fsp3) is 0.333. The van der Waals surface area contributed by atoms with Crippen LogP contribution in [0, 0.1) is 34.6 Å². The van der Waals surface area contributed by atoms with E-state index in [0.717, 1.165) is 0 Å². The summed E-state index contributed by atoms with van der Waals surface area (Å²) in [5, 5.41) is 1.62. The molecule has 0 spiro atoms. The molecule has 1 aliphatic rings. The minimum Gasteiger partial charge on any atom is -0.0597 e. The van der Waals surface area contributed by atoms with Crippen molar-refractivity contribution in [2.45, 2.75) is 58.8 Å². The van der Waals surface area contributed by atoms with Crippen molar-refractivity contribution >= 4 is 13.2 Å². The van der Waals surface area contributed by atoms with Crippen molar-refractivity contribution in [1.82, 2.24) is 0 Å². The van der Waals surface area contributed by atoms with Gasteiger partial charge in [-0.25, -0.2) is 0 Å². The molecule has 2 atom stereocenters. The molecule has 144 valence electrons. The molecule has 3 aromatic carbocycles. The Balaban J connectivity index is 1.83. The van der Waals surface area contributed by atoms with Crippen LogP contribution in [-0.4, -0.2) is 0 Å². The maximum Gasteiger partial charge on any atom is 0.00878 e. The first-order valence-corrected chi connectivity index (χ1v) is 11.9. The fourth-order valence-corrected chi connectivity index (χ4v) is 8.35. The molecule has 0 amide bonds. The summed E-state index contributed by atoms with van der Waals surface area (Å²) < 4.78 is 0. The highest BCUT2D eigenvalue weighted by Crippen LogP contribution is 2.69. The third-order valence-corrected chi connectivity index (χ3v) is 10.1. The molecule has 0 bridgehead atoms. The number of benzene rings is 3. The molecule has 0 radical (unpaired) electrons. The summed E-state index contributed by atoms with van der Waals surface area (Å²) in [4.78, 5) is 0. The van der Waals surface area contributed by atoms with Crippen LogP contribution in [0.4, 0.5) is 0 Å². The second-order valence-corrected chi connectivity index (χ2v) is 11.0. The van der Waals surface area contributed by atoms with Crippen molar-refractivity contribution in [3.05, 3.63) is 99.6 Å². The zero-order valence-corrected chi connectivity index (χ0v) is 18.7. The molecule has 1 fully saturated rings. The second-order valence-electron chi connectivity index (χ2n) is 8.49. The summed E-state index contributed by atoms with van der Waals surface area (Å²) in [6.07, 6.45) is 2.58. The molecule has 0 N–H and O–H groups in total. The Morgan fingerprint density at radius 3 is 1.50 bits per heavy atom. The van der Waals surface area contributed by atoms with E-state index in [0.29, 0.717) is 11.3 Å². The quantitative estimate of drug-likeness (QED) is 0.406. The van der Waals surface area contributed by atoms with Gasteiger partial charge in [-0.2, -0.15) is 0 Å². The lowest BCUT2D eigenvalue weighted by molar-refractivity contribution is 0.765. The molecular formula is C27H31P. The van der Waals surface area contributed by atoms with Crippen molar-refractivity contribution in [3.8, 4) is 0 Å². The van der Waals surface area contributed by atoms with Gasteiger partial charge in [0.25, 0.3) is 0 Å². The van der Waals surface area contributed by atoms with Crippen LogP contribution in [-0.2, 0) is 0 Å². The minimum atomic E-state index is -0.288. The third-order valence-electron chi connectivity index (χ3n) is 6.62.